The molecule has 0 spiro atoms. The fourth-order valence-corrected chi connectivity index (χ4v) is 1.93. The van der Waals surface area contributed by atoms with Crippen LogP contribution in [0.15, 0.2) is 18.6 Å². The lowest BCUT2D eigenvalue weighted by Crippen LogP contribution is -2.42. The number of hydrogen-bond acceptors (Lipinski definition) is 5. The first-order valence-electron chi connectivity index (χ1n) is 6.69. The number of unbranched alkanes of at least 4 members (excludes halogenated alkanes) is 5. The summed E-state index contributed by atoms with van der Waals surface area (Å²) < 4.78 is 34.9. The lowest BCUT2D eigenvalue weighted by atomic mass is 10.1. The summed E-state index contributed by atoms with van der Waals surface area (Å²) >= 11 is 0. The predicted molar refractivity (Wildman–Crippen MR) is 71.4 cm³/mol. The summed E-state index contributed by atoms with van der Waals surface area (Å²) in [4.78, 5) is 9.06. The standard InChI is InChI=1S/C12H20N2O5S/c1-2-3-4-5-6-7-10-18-14-9-8-12(13-11-14)19-20(15,16)17/h8-9,11H,2-7,10H2,1H3/p+1. The lowest BCUT2D eigenvalue weighted by Gasteiger charge is -2.02. The maximum absolute atomic E-state index is 10.5. The number of rotatable bonds is 10. The van der Waals surface area contributed by atoms with E-state index in [-0.39, 0.29) is 5.88 Å². The van der Waals surface area contributed by atoms with Gasteiger partial charge in [-0.2, -0.15) is 8.42 Å². The van der Waals surface area contributed by atoms with Crippen molar-refractivity contribution in [2.75, 3.05) is 6.61 Å². The Morgan fingerprint density at radius 2 is 1.95 bits per heavy atom. The lowest BCUT2D eigenvalue weighted by molar-refractivity contribution is -0.893. The van der Waals surface area contributed by atoms with Gasteiger partial charge in [-0.05, 0) is 17.8 Å². The normalized spacial score (nSPS) is 11.3. The van der Waals surface area contributed by atoms with E-state index < -0.39 is 10.4 Å². The summed E-state index contributed by atoms with van der Waals surface area (Å²) in [7, 11) is -4.53. The van der Waals surface area contributed by atoms with E-state index in [9.17, 15) is 8.42 Å². The van der Waals surface area contributed by atoms with Crippen LogP contribution < -0.4 is 13.8 Å². The third kappa shape index (κ3) is 7.90. The molecule has 0 atom stereocenters. The van der Waals surface area contributed by atoms with Gasteiger partial charge < -0.3 is 9.02 Å². The minimum absolute atomic E-state index is 0.216. The van der Waals surface area contributed by atoms with E-state index in [0.717, 1.165) is 12.8 Å². The molecule has 7 nitrogen and oxygen atoms in total. The van der Waals surface area contributed by atoms with Crippen LogP contribution >= 0.6 is 0 Å². The third-order valence-corrected chi connectivity index (χ3v) is 2.97. The van der Waals surface area contributed by atoms with Crippen molar-refractivity contribution in [3.8, 4) is 5.88 Å². The van der Waals surface area contributed by atoms with Crippen LogP contribution in [0.4, 0.5) is 0 Å². The molecule has 0 amide bonds. The fraction of sp³-hybridized carbons (Fsp3) is 0.667. The second-order valence-electron chi connectivity index (χ2n) is 4.37. The zero-order valence-corrected chi connectivity index (χ0v) is 12.4. The highest BCUT2D eigenvalue weighted by atomic mass is 32.3. The van der Waals surface area contributed by atoms with E-state index >= 15 is 0 Å². The van der Waals surface area contributed by atoms with Crippen molar-refractivity contribution in [1.82, 2.24) is 4.98 Å². The molecule has 0 aliphatic heterocycles. The first-order chi connectivity index (χ1) is 9.51. The van der Waals surface area contributed by atoms with Crippen molar-refractivity contribution in [1.29, 1.82) is 0 Å². The Bertz CT molecular complexity index is 475. The van der Waals surface area contributed by atoms with Crippen molar-refractivity contribution in [2.24, 2.45) is 0 Å². The van der Waals surface area contributed by atoms with Crippen LogP contribution in [0.25, 0.3) is 0 Å². The average molecular weight is 305 g/mol. The second-order valence-corrected chi connectivity index (χ2v) is 5.39. The molecular weight excluding hydrogens is 284 g/mol. The monoisotopic (exact) mass is 305 g/mol. The van der Waals surface area contributed by atoms with E-state index in [2.05, 4.69) is 16.1 Å². The highest BCUT2D eigenvalue weighted by Gasteiger charge is 2.13. The fourth-order valence-electron chi connectivity index (χ4n) is 1.62. The molecule has 1 rings (SSSR count). The Morgan fingerprint density at radius 1 is 1.25 bits per heavy atom. The maximum Gasteiger partial charge on any atom is 0.449 e. The molecule has 1 N–H and O–H groups in total. The van der Waals surface area contributed by atoms with Crippen LogP contribution in [0.3, 0.4) is 0 Å². The highest BCUT2D eigenvalue weighted by Crippen LogP contribution is 2.05. The molecule has 0 saturated heterocycles. The molecule has 0 unspecified atom stereocenters. The maximum atomic E-state index is 10.5. The van der Waals surface area contributed by atoms with Crippen LogP contribution in [0, 0.1) is 0 Å². The van der Waals surface area contributed by atoms with E-state index in [4.69, 9.17) is 9.39 Å². The molecule has 1 heterocycles. The van der Waals surface area contributed by atoms with Crippen molar-refractivity contribution in [2.45, 2.75) is 45.4 Å². The first kappa shape index (κ1) is 16.6. The van der Waals surface area contributed by atoms with Gasteiger partial charge >= 0.3 is 22.6 Å². The molecule has 20 heavy (non-hydrogen) atoms. The summed E-state index contributed by atoms with van der Waals surface area (Å²) in [5, 5.41) is 0. The van der Waals surface area contributed by atoms with Crippen LogP contribution in [0.5, 0.6) is 5.88 Å². The van der Waals surface area contributed by atoms with Crippen LogP contribution in [-0.4, -0.2) is 24.6 Å². The van der Waals surface area contributed by atoms with Gasteiger partial charge in [-0.3, -0.25) is 4.55 Å². The Balaban J connectivity index is 2.21. The Morgan fingerprint density at radius 3 is 2.55 bits per heavy atom. The molecule has 0 radical (unpaired) electrons. The summed E-state index contributed by atoms with van der Waals surface area (Å²) in [6.45, 7) is 2.75. The van der Waals surface area contributed by atoms with Gasteiger partial charge in [0.05, 0.1) is 6.07 Å². The minimum atomic E-state index is -4.53. The molecule has 114 valence electrons. The number of aromatic nitrogens is 2. The molecule has 0 aromatic carbocycles. The Hall–Kier alpha value is -1.41. The van der Waals surface area contributed by atoms with E-state index in [1.165, 1.54) is 49.0 Å². The average Bonchev–Trinajstić information content (AvgIpc) is 2.38. The van der Waals surface area contributed by atoms with Gasteiger partial charge in [0.1, 0.15) is 12.8 Å². The predicted octanol–water partition coefficient (Wildman–Crippen LogP) is 1.34. The van der Waals surface area contributed by atoms with Gasteiger partial charge in [-0.15, -0.1) is 0 Å². The van der Waals surface area contributed by atoms with Gasteiger partial charge in [-0.1, -0.05) is 37.3 Å². The van der Waals surface area contributed by atoms with Crippen LogP contribution in [0.2, 0.25) is 0 Å². The van der Waals surface area contributed by atoms with Crippen molar-refractivity contribution in [3.63, 3.8) is 0 Å². The van der Waals surface area contributed by atoms with Crippen LogP contribution in [-0.2, 0) is 10.4 Å². The van der Waals surface area contributed by atoms with E-state index in [1.54, 1.807) is 0 Å². The minimum Gasteiger partial charge on any atom is -0.336 e. The van der Waals surface area contributed by atoms with Crippen molar-refractivity contribution < 1.29 is 26.7 Å². The molecule has 1 aromatic rings. The summed E-state index contributed by atoms with van der Waals surface area (Å²) in [6.07, 6.45) is 9.79. The smallest absolute Gasteiger partial charge is 0.336 e. The Labute approximate surface area is 119 Å². The molecule has 0 aliphatic rings. The van der Waals surface area contributed by atoms with E-state index in [1.807, 2.05) is 0 Å². The molecule has 0 aliphatic carbocycles. The molecule has 0 bridgehead atoms. The topological polar surface area (TPSA) is 89.6 Å². The van der Waals surface area contributed by atoms with Crippen molar-refractivity contribution >= 4 is 10.4 Å². The largest absolute Gasteiger partial charge is 0.449 e. The number of nitrogens with zero attached hydrogens (tertiary/aromatic N) is 2. The quantitative estimate of drug-likeness (QED) is 0.398. The van der Waals surface area contributed by atoms with E-state index in [0.29, 0.717) is 6.61 Å². The number of hydrogen-bond donors (Lipinski definition) is 1. The second kappa shape index (κ2) is 8.70. The molecule has 0 fully saturated rings. The summed E-state index contributed by atoms with van der Waals surface area (Å²) in [5.41, 5.74) is 0. The van der Waals surface area contributed by atoms with Gasteiger partial charge in [0, 0.05) is 0 Å². The molecule has 8 heteroatoms. The third-order valence-electron chi connectivity index (χ3n) is 2.59. The molecule has 0 saturated carbocycles. The SMILES string of the molecule is CCCCCCCCO[n+]1ccc(OS(=O)(=O)O)nc1. The zero-order valence-electron chi connectivity index (χ0n) is 11.6. The highest BCUT2D eigenvalue weighted by molar-refractivity contribution is 7.81. The van der Waals surface area contributed by atoms with Crippen LogP contribution in [0.1, 0.15) is 45.4 Å². The van der Waals surface area contributed by atoms with Gasteiger partial charge in [0.25, 0.3) is 0 Å². The van der Waals surface area contributed by atoms with Gasteiger partial charge in [0.2, 0.25) is 0 Å². The zero-order chi connectivity index (χ0) is 14.8. The Kier molecular flexibility index (Phi) is 7.24. The summed E-state index contributed by atoms with van der Waals surface area (Å²) in [6, 6.07) is 1.29. The van der Waals surface area contributed by atoms with Gasteiger partial charge in [-0.25, -0.2) is 0 Å². The molecular formula is C12H21N2O5S+. The van der Waals surface area contributed by atoms with Crippen molar-refractivity contribution in [3.05, 3.63) is 18.6 Å². The first-order valence-corrected chi connectivity index (χ1v) is 8.05. The van der Waals surface area contributed by atoms with Gasteiger partial charge in [0.15, 0.2) is 0 Å². The molecule has 1 aromatic heterocycles. The summed E-state index contributed by atoms with van der Waals surface area (Å²) in [5.74, 6) is -0.216.